The molecule has 1 amide bonds. The number of carbonyl (C=O) groups excluding carboxylic acids is 1. The van der Waals surface area contributed by atoms with Gasteiger partial charge in [-0.05, 0) is 38.0 Å². The molecule has 4 rings (SSSR count). The summed E-state index contributed by atoms with van der Waals surface area (Å²) in [5.41, 5.74) is 2.17. The number of anilines is 1. The summed E-state index contributed by atoms with van der Waals surface area (Å²) in [6.07, 6.45) is 3.45. The van der Waals surface area contributed by atoms with Crippen molar-refractivity contribution in [3.05, 3.63) is 47.8 Å². The number of aliphatic hydroxyl groups excluding tert-OH is 1. The molecular weight excluding hydrogens is 332 g/mol. The van der Waals surface area contributed by atoms with E-state index in [1.165, 1.54) is 0 Å². The van der Waals surface area contributed by atoms with E-state index in [2.05, 4.69) is 4.98 Å². The first-order valence-electron chi connectivity index (χ1n) is 8.89. The Morgan fingerprint density at radius 3 is 2.77 bits per heavy atom. The van der Waals surface area contributed by atoms with E-state index in [4.69, 9.17) is 9.47 Å². The fraction of sp³-hybridized carbons (Fsp3) is 0.400. The van der Waals surface area contributed by atoms with Gasteiger partial charge in [-0.1, -0.05) is 6.07 Å². The van der Waals surface area contributed by atoms with Gasteiger partial charge in [0, 0.05) is 29.9 Å². The van der Waals surface area contributed by atoms with Gasteiger partial charge in [0.05, 0.1) is 19.3 Å². The molecule has 3 atom stereocenters. The van der Waals surface area contributed by atoms with E-state index < -0.39 is 0 Å². The average molecular weight is 354 g/mol. The van der Waals surface area contributed by atoms with Crippen LogP contribution in [0.1, 0.15) is 48.3 Å². The zero-order chi connectivity index (χ0) is 18.3. The number of aromatic nitrogens is 1. The molecule has 1 saturated carbocycles. The molecule has 26 heavy (non-hydrogen) atoms. The van der Waals surface area contributed by atoms with Crippen molar-refractivity contribution in [2.24, 2.45) is 0 Å². The molecular formula is C20H22N2O4. The molecule has 6 nitrogen and oxygen atoms in total. The van der Waals surface area contributed by atoms with E-state index in [1.54, 1.807) is 18.2 Å². The standard InChI is InChI=1S/C20H22N2O4/c1-12-16-4-3-9-21-19(16)20(24)22(12)13-5-8-17(25-2)18(10-13)26-15-7-6-14(23)11-15/h3-5,8-10,12,14-15,23H,6-7,11H2,1-2H3. The lowest BCUT2D eigenvalue weighted by atomic mass is 10.1. The average Bonchev–Trinajstić information content (AvgIpc) is 3.17. The number of benzene rings is 1. The number of methoxy groups -OCH3 is 1. The summed E-state index contributed by atoms with van der Waals surface area (Å²) in [6, 6.07) is 9.19. The maximum absolute atomic E-state index is 12.8. The minimum Gasteiger partial charge on any atom is -0.493 e. The monoisotopic (exact) mass is 354 g/mol. The summed E-state index contributed by atoms with van der Waals surface area (Å²) in [7, 11) is 1.59. The molecule has 1 fully saturated rings. The van der Waals surface area contributed by atoms with E-state index in [-0.39, 0.29) is 24.2 Å². The van der Waals surface area contributed by atoms with Crippen LogP contribution in [0.15, 0.2) is 36.5 Å². The van der Waals surface area contributed by atoms with E-state index in [1.807, 2.05) is 37.3 Å². The molecule has 0 saturated heterocycles. The van der Waals surface area contributed by atoms with Gasteiger partial charge in [0.1, 0.15) is 11.8 Å². The number of pyridine rings is 1. The summed E-state index contributed by atoms with van der Waals surface area (Å²) < 4.78 is 11.5. The van der Waals surface area contributed by atoms with Crippen molar-refractivity contribution in [2.45, 2.75) is 44.4 Å². The molecule has 2 heterocycles. The van der Waals surface area contributed by atoms with Crippen molar-refractivity contribution in [3.63, 3.8) is 0 Å². The lowest BCUT2D eigenvalue weighted by Crippen LogP contribution is -2.26. The largest absolute Gasteiger partial charge is 0.493 e. The Bertz CT molecular complexity index is 838. The summed E-state index contributed by atoms with van der Waals surface area (Å²) >= 11 is 0. The van der Waals surface area contributed by atoms with E-state index in [0.29, 0.717) is 23.6 Å². The van der Waals surface area contributed by atoms with E-state index in [9.17, 15) is 9.90 Å². The Labute approximate surface area is 152 Å². The second-order valence-corrected chi connectivity index (χ2v) is 6.83. The van der Waals surface area contributed by atoms with Crippen LogP contribution in [0.4, 0.5) is 5.69 Å². The van der Waals surface area contributed by atoms with Gasteiger partial charge in [-0.15, -0.1) is 0 Å². The molecule has 3 unspecified atom stereocenters. The number of amides is 1. The number of rotatable bonds is 4. The highest BCUT2D eigenvalue weighted by Crippen LogP contribution is 2.40. The molecule has 0 spiro atoms. The first kappa shape index (κ1) is 16.8. The molecule has 2 aliphatic rings. The molecule has 136 valence electrons. The smallest absolute Gasteiger partial charge is 0.277 e. The topological polar surface area (TPSA) is 71.9 Å². The van der Waals surface area contributed by atoms with Gasteiger partial charge in [-0.3, -0.25) is 14.7 Å². The molecule has 0 radical (unpaired) electrons. The second kappa shape index (κ2) is 6.61. The fourth-order valence-electron chi connectivity index (χ4n) is 3.81. The molecule has 1 aliphatic carbocycles. The number of hydrogen-bond donors (Lipinski definition) is 1. The van der Waals surface area contributed by atoms with Crippen LogP contribution in [0.25, 0.3) is 0 Å². The van der Waals surface area contributed by atoms with Crippen LogP contribution in [0, 0.1) is 0 Å². The molecule has 1 aromatic carbocycles. The van der Waals surface area contributed by atoms with Gasteiger partial charge in [-0.2, -0.15) is 0 Å². The number of hydrogen-bond acceptors (Lipinski definition) is 5. The van der Waals surface area contributed by atoms with Gasteiger partial charge < -0.3 is 14.6 Å². The predicted molar refractivity (Wildman–Crippen MR) is 96.7 cm³/mol. The van der Waals surface area contributed by atoms with Crippen LogP contribution in [-0.2, 0) is 0 Å². The molecule has 6 heteroatoms. The minimum absolute atomic E-state index is 0.0419. The maximum Gasteiger partial charge on any atom is 0.277 e. The Balaban J connectivity index is 1.65. The third-order valence-electron chi connectivity index (χ3n) is 5.17. The van der Waals surface area contributed by atoms with Crippen LogP contribution in [0.2, 0.25) is 0 Å². The van der Waals surface area contributed by atoms with Crippen LogP contribution in [0.3, 0.4) is 0 Å². The summed E-state index contributed by atoms with van der Waals surface area (Å²) in [5.74, 6) is 1.10. The van der Waals surface area contributed by atoms with Gasteiger partial charge in [0.15, 0.2) is 11.5 Å². The van der Waals surface area contributed by atoms with Crippen molar-refractivity contribution < 1.29 is 19.4 Å². The summed E-state index contributed by atoms with van der Waals surface area (Å²) in [5, 5.41) is 9.73. The summed E-state index contributed by atoms with van der Waals surface area (Å²) in [6.45, 7) is 1.99. The normalized spacial score (nSPS) is 24.7. The third kappa shape index (κ3) is 2.80. The number of aliphatic hydroxyl groups is 1. The third-order valence-corrected chi connectivity index (χ3v) is 5.17. The van der Waals surface area contributed by atoms with Crippen LogP contribution < -0.4 is 14.4 Å². The number of carbonyl (C=O) groups is 1. The van der Waals surface area contributed by atoms with Gasteiger partial charge in [0.25, 0.3) is 5.91 Å². The zero-order valence-corrected chi connectivity index (χ0v) is 14.9. The Morgan fingerprint density at radius 2 is 2.08 bits per heavy atom. The van der Waals surface area contributed by atoms with E-state index in [0.717, 1.165) is 24.1 Å². The highest BCUT2D eigenvalue weighted by molar-refractivity contribution is 6.09. The van der Waals surface area contributed by atoms with Crippen molar-refractivity contribution in [2.75, 3.05) is 12.0 Å². The molecule has 0 bridgehead atoms. The van der Waals surface area contributed by atoms with Crippen molar-refractivity contribution in [1.82, 2.24) is 4.98 Å². The Morgan fingerprint density at radius 1 is 1.23 bits per heavy atom. The zero-order valence-electron chi connectivity index (χ0n) is 14.9. The second-order valence-electron chi connectivity index (χ2n) is 6.83. The SMILES string of the molecule is COc1ccc(N2C(=O)c3ncccc3C2C)cc1OC1CCC(O)C1. The lowest BCUT2D eigenvalue weighted by Gasteiger charge is -2.24. The predicted octanol–water partition coefficient (Wildman–Crippen LogP) is 3.10. The Kier molecular flexibility index (Phi) is 4.28. The lowest BCUT2D eigenvalue weighted by molar-refractivity contribution is 0.0988. The fourth-order valence-corrected chi connectivity index (χ4v) is 3.81. The molecule has 1 aliphatic heterocycles. The first-order valence-corrected chi connectivity index (χ1v) is 8.89. The van der Waals surface area contributed by atoms with Gasteiger partial charge in [0.2, 0.25) is 0 Å². The first-order chi connectivity index (χ1) is 12.6. The van der Waals surface area contributed by atoms with E-state index >= 15 is 0 Å². The van der Waals surface area contributed by atoms with Crippen LogP contribution in [-0.4, -0.2) is 35.3 Å². The quantitative estimate of drug-likeness (QED) is 0.913. The number of ether oxygens (including phenoxy) is 2. The van der Waals surface area contributed by atoms with Crippen molar-refractivity contribution in [3.8, 4) is 11.5 Å². The van der Waals surface area contributed by atoms with Gasteiger partial charge in [-0.25, -0.2) is 0 Å². The number of fused-ring (bicyclic) bond motifs is 1. The van der Waals surface area contributed by atoms with Crippen molar-refractivity contribution in [1.29, 1.82) is 0 Å². The van der Waals surface area contributed by atoms with Crippen molar-refractivity contribution >= 4 is 11.6 Å². The van der Waals surface area contributed by atoms with Crippen LogP contribution >= 0.6 is 0 Å². The highest BCUT2D eigenvalue weighted by atomic mass is 16.5. The summed E-state index contributed by atoms with van der Waals surface area (Å²) in [4.78, 5) is 18.8. The maximum atomic E-state index is 12.8. The molecule has 2 aromatic rings. The Hall–Kier alpha value is -2.60. The molecule has 1 aromatic heterocycles. The van der Waals surface area contributed by atoms with Crippen LogP contribution in [0.5, 0.6) is 11.5 Å². The van der Waals surface area contributed by atoms with Gasteiger partial charge >= 0.3 is 0 Å². The minimum atomic E-state index is -0.310. The highest BCUT2D eigenvalue weighted by Gasteiger charge is 2.36. The number of nitrogens with zero attached hydrogens (tertiary/aromatic N) is 2. The molecule has 1 N–H and O–H groups in total.